The summed E-state index contributed by atoms with van der Waals surface area (Å²) < 4.78 is 11.1. The molecule has 0 radical (unpaired) electrons. The molecule has 0 saturated heterocycles. The Morgan fingerprint density at radius 3 is 2.88 bits per heavy atom. The van der Waals surface area contributed by atoms with Crippen LogP contribution in [0.5, 0.6) is 5.75 Å². The Labute approximate surface area is 101 Å². The Kier molecular flexibility index (Phi) is 3.47. The van der Waals surface area contributed by atoms with Gasteiger partial charge >= 0.3 is 0 Å². The maximum absolute atomic E-state index is 11.1. The van der Waals surface area contributed by atoms with E-state index in [1.165, 1.54) is 0 Å². The Hall–Kier alpha value is -1.77. The number of aldehydes is 1. The molecule has 2 rings (SSSR count). The van der Waals surface area contributed by atoms with Gasteiger partial charge in [0.15, 0.2) is 0 Å². The minimum atomic E-state index is -0.276. The second-order valence-corrected chi connectivity index (χ2v) is 4.49. The number of hydrogen-bond acceptors (Lipinski definition) is 3. The molecule has 1 unspecified atom stereocenters. The molecule has 90 valence electrons. The van der Waals surface area contributed by atoms with Gasteiger partial charge in [-0.3, -0.25) is 0 Å². The van der Waals surface area contributed by atoms with Crippen molar-refractivity contribution >= 4 is 6.29 Å². The molecular weight excluding hydrogens is 216 g/mol. The fourth-order valence-corrected chi connectivity index (χ4v) is 1.67. The van der Waals surface area contributed by atoms with E-state index in [2.05, 4.69) is 13.8 Å². The van der Waals surface area contributed by atoms with Gasteiger partial charge in [-0.1, -0.05) is 32.0 Å². The minimum Gasteiger partial charge on any atom is -0.465 e. The number of allylic oxidation sites excluding steroid dienone is 1. The molecule has 0 bridgehead atoms. The zero-order chi connectivity index (χ0) is 12.3. The van der Waals surface area contributed by atoms with E-state index >= 15 is 0 Å². The van der Waals surface area contributed by atoms with Gasteiger partial charge < -0.3 is 14.3 Å². The van der Waals surface area contributed by atoms with Crippen LogP contribution in [0.15, 0.2) is 36.3 Å². The lowest BCUT2D eigenvalue weighted by Gasteiger charge is -2.22. The maximum atomic E-state index is 11.1. The van der Waals surface area contributed by atoms with Crippen LogP contribution in [0, 0.1) is 5.92 Å². The van der Waals surface area contributed by atoms with Gasteiger partial charge in [-0.2, -0.15) is 0 Å². The van der Waals surface area contributed by atoms with Crippen molar-refractivity contribution < 1.29 is 14.3 Å². The third kappa shape index (κ3) is 2.67. The summed E-state index contributed by atoms with van der Waals surface area (Å²) in [6.07, 6.45) is 2.62. The first kappa shape index (κ1) is 11.7. The highest BCUT2D eigenvalue weighted by Gasteiger charge is 2.21. The van der Waals surface area contributed by atoms with Gasteiger partial charge in [-0.15, -0.1) is 0 Å². The van der Waals surface area contributed by atoms with Crippen LogP contribution < -0.4 is 4.74 Å². The predicted molar refractivity (Wildman–Crippen MR) is 64.7 cm³/mol. The van der Waals surface area contributed by atoms with E-state index in [4.69, 9.17) is 9.47 Å². The first-order valence-electron chi connectivity index (χ1n) is 5.77. The highest BCUT2D eigenvalue weighted by atomic mass is 16.7. The van der Waals surface area contributed by atoms with Gasteiger partial charge in [0, 0.05) is 11.6 Å². The lowest BCUT2D eigenvalue weighted by Crippen LogP contribution is -2.14. The summed E-state index contributed by atoms with van der Waals surface area (Å²) in [7, 11) is 0. The maximum Gasteiger partial charge on any atom is 0.281 e. The third-order valence-corrected chi connectivity index (χ3v) is 2.51. The molecule has 1 aliphatic heterocycles. The van der Waals surface area contributed by atoms with Crippen LogP contribution in [0.4, 0.5) is 0 Å². The lowest BCUT2D eigenvalue weighted by atomic mass is 9.98. The van der Waals surface area contributed by atoms with Gasteiger partial charge in [0.25, 0.3) is 5.95 Å². The van der Waals surface area contributed by atoms with Gasteiger partial charge in [0.1, 0.15) is 12.0 Å². The van der Waals surface area contributed by atoms with Crippen LogP contribution in [-0.2, 0) is 9.53 Å². The van der Waals surface area contributed by atoms with Crippen LogP contribution in [-0.4, -0.2) is 12.9 Å². The number of para-hydroxylation sites is 1. The second kappa shape index (κ2) is 5.04. The van der Waals surface area contributed by atoms with E-state index in [1.54, 1.807) is 6.08 Å². The quantitative estimate of drug-likeness (QED) is 0.749. The standard InChI is InChI=1S/C14H16O3/c1-10(2)9-16-14-7-11(8-15)12-5-3-4-6-13(12)17-14/h3-8,10-11H,9H2,1-2H3. The Morgan fingerprint density at radius 1 is 1.41 bits per heavy atom. The van der Waals surface area contributed by atoms with Crippen LogP contribution in [0.3, 0.4) is 0 Å². The van der Waals surface area contributed by atoms with Crippen molar-refractivity contribution in [3.8, 4) is 5.75 Å². The number of carbonyl (C=O) groups excluding carboxylic acids is 1. The smallest absolute Gasteiger partial charge is 0.281 e. The zero-order valence-electron chi connectivity index (χ0n) is 10.1. The Balaban J connectivity index is 2.18. The summed E-state index contributed by atoms with van der Waals surface area (Å²) in [5, 5.41) is 0. The Morgan fingerprint density at radius 2 is 2.18 bits per heavy atom. The van der Waals surface area contributed by atoms with E-state index in [-0.39, 0.29) is 5.92 Å². The number of carbonyl (C=O) groups is 1. The van der Waals surface area contributed by atoms with Crippen molar-refractivity contribution in [3.05, 3.63) is 41.9 Å². The van der Waals surface area contributed by atoms with Crippen molar-refractivity contribution in [2.45, 2.75) is 19.8 Å². The lowest BCUT2D eigenvalue weighted by molar-refractivity contribution is -0.108. The van der Waals surface area contributed by atoms with Gasteiger partial charge in [-0.25, -0.2) is 0 Å². The molecule has 1 aromatic rings. The number of benzene rings is 1. The fraction of sp³-hybridized carbons (Fsp3) is 0.357. The third-order valence-electron chi connectivity index (χ3n) is 2.51. The highest BCUT2D eigenvalue weighted by molar-refractivity contribution is 5.68. The summed E-state index contributed by atoms with van der Waals surface area (Å²) in [5.74, 6) is 1.27. The van der Waals surface area contributed by atoms with Crippen molar-refractivity contribution in [3.63, 3.8) is 0 Å². The first-order chi connectivity index (χ1) is 8.20. The summed E-state index contributed by atoms with van der Waals surface area (Å²) in [4.78, 5) is 11.1. The Bertz CT molecular complexity index is 435. The number of rotatable bonds is 4. The van der Waals surface area contributed by atoms with Crippen LogP contribution >= 0.6 is 0 Å². The van der Waals surface area contributed by atoms with E-state index in [0.717, 1.165) is 11.8 Å². The highest BCUT2D eigenvalue weighted by Crippen LogP contribution is 2.33. The van der Waals surface area contributed by atoms with E-state index in [1.807, 2.05) is 24.3 Å². The summed E-state index contributed by atoms with van der Waals surface area (Å²) in [5.41, 5.74) is 0.888. The SMILES string of the molecule is CC(C)COC1=CC(C=O)c2ccccc2O1. The molecular formula is C14H16O3. The molecule has 3 nitrogen and oxygen atoms in total. The van der Waals surface area contributed by atoms with Crippen molar-refractivity contribution in [2.24, 2.45) is 5.92 Å². The van der Waals surface area contributed by atoms with Crippen LogP contribution in [0.25, 0.3) is 0 Å². The van der Waals surface area contributed by atoms with Gasteiger partial charge in [0.05, 0.1) is 12.5 Å². The number of ether oxygens (including phenoxy) is 2. The van der Waals surface area contributed by atoms with E-state index in [0.29, 0.717) is 24.2 Å². The van der Waals surface area contributed by atoms with Crippen LogP contribution in [0.2, 0.25) is 0 Å². The molecule has 1 aromatic carbocycles. The number of fused-ring (bicyclic) bond motifs is 1. The van der Waals surface area contributed by atoms with Gasteiger partial charge in [0.2, 0.25) is 0 Å². The largest absolute Gasteiger partial charge is 0.465 e. The normalized spacial score (nSPS) is 18.1. The van der Waals surface area contributed by atoms with E-state index < -0.39 is 0 Å². The number of hydrogen-bond donors (Lipinski definition) is 0. The molecule has 0 aliphatic carbocycles. The minimum absolute atomic E-state index is 0.276. The van der Waals surface area contributed by atoms with Gasteiger partial charge in [-0.05, 0) is 12.0 Å². The van der Waals surface area contributed by atoms with Crippen molar-refractivity contribution in [1.29, 1.82) is 0 Å². The molecule has 1 heterocycles. The van der Waals surface area contributed by atoms with E-state index in [9.17, 15) is 4.79 Å². The molecule has 0 saturated carbocycles. The molecule has 3 heteroatoms. The summed E-state index contributed by atoms with van der Waals surface area (Å²) >= 11 is 0. The average molecular weight is 232 g/mol. The molecule has 0 amide bonds. The monoisotopic (exact) mass is 232 g/mol. The molecule has 0 N–H and O–H groups in total. The summed E-state index contributed by atoms with van der Waals surface area (Å²) in [6.45, 7) is 4.71. The average Bonchev–Trinajstić information content (AvgIpc) is 2.35. The summed E-state index contributed by atoms with van der Waals surface area (Å²) in [6, 6.07) is 7.51. The first-order valence-corrected chi connectivity index (χ1v) is 5.77. The van der Waals surface area contributed by atoms with Crippen molar-refractivity contribution in [1.82, 2.24) is 0 Å². The van der Waals surface area contributed by atoms with Crippen LogP contribution in [0.1, 0.15) is 25.3 Å². The molecule has 17 heavy (non-hydrogen) atoms. The molecule has 0 fully saturated rings. The molecule has 1 atom stereocenters. The topological polar surface area (TPSA) is 35.5 Å². The second-order valence-electron chi connectivity index (χ2n) is 4.49. The molecule has 0 spiro atoms. The van der Waals surface area contributed by atoms with Crippen molar-refractivity contribution in [2.75, 3.05) is 6.61 Å². The molecule has 0 aromatic heterocycles. The predicted octanol–water partition coefficient (Wildman–Crippen LogP) is 2.88. The molecule has 1 aliphatic rings. The fourth-order valence-electron chi connectivity index (χ4n) is 1.67. The zero-order valence-corrected chi connectivity index (χ0v) is 10.1.